The third-order valence-corrected chi connectivity index (χ3v) is 10.8. The van der Waals surface area contributed by atoms with Crippen LogP contribution in [0.5, 0.6) is 0 Å². The standard InChI is InChI=1S/4C14H22N2O2.CH4/c4*1-11(17)15-13(14(18)10-16(2)3)9-12-7-5-4-6-8-12;/h4*4-8,13-14,18H,9-10H2,1-3H3,(H,15,17);1H4/t2*13-,14+;2*13-,14-;/m1010./s1. The summed E-state index contributed by atoms with van der Waals surface area (Å²) >= 11 is 0. The molecule has 0 unspecified atom stereocenters. The second-order valence-corrected chi connectivity index (χ2v) is 19.3. The summed E-state index contributed by atoms with van der Waals surface area (Å²) in [4.78, 5) is 52.4. The number of hydrogen-bond acceptors (Lipinski definition) is 12. The third-order valence-electron chi connectivity index (χ3n) is 10.8. The SMILES string of the molecule is C.CC(=O)N[C@@H](Cc1ccccc1)[C@@H](O)CN(C)C.CC(=O)N[C@@H](Cc1ccccc1)[C@H](O)CN(C)C.CC(=O)N[C@H](Cc1ccccc1)[C@@H](O)CN(C)C.CC(=O)N[C@H](Cc1ccccc1)[C@H](O)CN(C)C. The summed E-state index contributed by atoms with van der Waals surface area (Å²) in [6, 6.07) is 38.4. The number of nitrogens with one attached hydrogen (secondary N) is 4. The Morgan fingerprint density at radius 3 is 0.616 bits per heavy atom. The van der Waals surface area contributed by atoms with Crippen LogP contribution >= 0.6 is 0 Å². The summed E-state index contributed by atoms with van der Waals surface area (Å²) in [5.74, 6) is -0.468. The number of rotatable bonds is 24. The minimum absolute atomic E-state index is 0. The Morgan fingerprint density at radius 1 is 0.342 bits per heavy atom. The Morgan fingerprint density at radius 2 is 0.493 bits per heavy atom. The van der Waals surface area contributed by atoms with Gasteiger partial charge in [0, 0.05) is 53.9 Å². The van der Waals surface area contributed by atoms with Crippen molar-refractivity contribution in [3.05, 3.63) is 144 Å². The van der Waals surface area contributed by atoms with Crippen LogP contribution in [0.2, 0.25) is 0 Å². The fourth-order valence-electron chi connectivity index (χ4n) is 7.65. The Hall–Kier alpha value is -5.56. The minimum Gasteiger partial charge on any atom is -0.390 e. The van der Waals surface area contributed by atoms with Crippen LogP contribution in [0.15, 0.2) is 121 Å². The molecule has 0 fully saturated rings. The molecule has 408 valence electrons. The first kappa shape index (κ1) is 67.4. The predicted molar refractivity (Wildman–Crippen MR) is 296 cm³/mol. The van der Waals surface area contributed by atoms with E-state index in [9.17, 15) is 39.6 Å². The van der Waals surface area contributed by atoms with Crippen LogP contribution in [0.3, 0.4) is 0 Å². The number of carbonyl (C=O) groups excluding carboxylic acids is 4. The molecule has 4 aromatic carbocycles. The molecule has 73 heavy (non-hydrogen) atoms. The zero-order valence-corrected chi connectivity index (χ0v) is 45.0. The van der Waals surface area contributed by atoms with Crippen LogP contribution in [0.1, 0.15) is 57.4 Å². The van der Waals surface area contributed by atoms with E-state index < -0.39 is 24.4 Å². The molecular formula is C57H92N8O8. The van der Waals surface area contributed by atoms with Gasteiger partial charge in [0.05, 0.1) is 48.6 Å². The fraction of sp³-hybridized carbons (Fsp3) is 0.509. The van der Waals surface area contributed by atoms with E-state index >= 15 is 0 Å². The molecule has 4 rings (SSSR count). The third kappa shape index (κ3) is 33.7. The van der Waals surface area contributed by atoms with E-state index in [1.165, 1.54) is 27.7 Å². The van der Waals surface area contributed by atoms with Gasteiger partial charge in [-0.2, -0.15) is 0 Å². The van der Waals surface area contributed by atoms with Gasteiger partial charge in [0.15, 0.2) is 0 Å². The van der Waals surface area contributed by atoms with Crippen molar-refractivity contribution in [2.45, 2.75) is 109 Å². The first-order chi connectivity index (χ1) is 33.9. The highest BCUT2D eigenvalue weighted by Crippen LogP contribution is 2.11. The van der Waals surface area contributed by atoms with Gasteiger partial charge in [-0.15, -0.1) is 0 Å². The van der Waals surface area contributed by atoms with Crippen molar-refractivity contribution < 1.29 is 39.6 Å². The number of benzene rings is 4. The predicted octanol–water partition coefficient (Wildman–Crippen LogP) is 3.26. The van der Waals surface area contributed by atoms with Crippen molar-refractivity contribution in [1.29, 1.82) is 0 Å². The van der Waals surface area contributed by atoms with E-state index in [4.69, 9.17) is 0 Å². The Balaban J connectivity index is 0.000000943. The average molecular weight is 1020 g/mol. The quantitative estimate of drug-likeness (QED) is 0.0509. The lowest BCUT2D eigenvalue weighted by atomic mass is 10.0. The molecule has 4 amide bonds. The number of carbonyl (C=O) groups is 4. The summed E-state index contributed by atoms with van der Waals surface area (Å²) in [6.45, 7) is 7.99. The van der Waals surface area contributed by atoms with Gasteiger partial charge in [0.2, 0.25) is 23.6 Å². The second kappa shape index (κ2) is 38.1. The molecule has 0 bridgehead atoms. The summed E-state index contributed by atoms with van der Waals surface area (Å²) < 4.78 is 0. The summed E-state index contributed by atoms with van der Waals surface area (Å²) in [6.07, 6.45) is 0.219. The molecule has 0 aliphatic rings. The van der Waals surface area contributed by atoms with Gasteiger partial charge in [-0.3, -0.25) is 19.2 Å². The van der Waals surface area contributed by atoms with E-state index in [1.807, 2.05) is 197 Å². The zero-order chi connectivity index (χ0) is 54.2. The Kier molecular flexibility index (Phi) is 35.2. The molecule has 0 spiro atoms. The largest absolute Gasteiger partial charge is 0.390 e. The molecule has 4 aromatic rings. The van der Waals surface area contributed by atoms with Crippen LogP contribution in [-0.4, -0.2) is 195 Å². The van der Waals surface area contributed by atoms with Crippen molar-refractivity contribution in [1.82, 2.24) is 40.9 Å². The minimum atomic E-state index is -0.580. The normalized spacial score (nSPS) is 14.1. The maximum atomic E-state index is 11.2. The van der Waals surface area contributed by atoms with Gasteiger partial charge in [0.1, 0.15) is 0 Å². The van der Waals surface area contributed by atoms with Gasteiger partial charge in [-0.25, -0.2) is 0 Å². The molecule has 8 N–H and O–H groups in total. The van der Waals surface area contributed by atoms with E-state index in [1.54, 1.807) is 0 Å². The lowest BCUT2D eigenvalue weighted by Crippen LogP contribution is -2.47. The molecular weight excluding hydrogens is 925 g/mol. The average Bonchev–Trinajstić information content (AvgIpc) is 3.29. The first-order valence-corrected chi connectivity index (χ1v) is 24.5. The maximum Gasteiger partial charge on any atom is 0.217 e. The molecule has 0 aromatic heterocycles. The van der Waals surface area contributed by atoms with Gasteiger partial charge in [0.25, 0.3) is 0 Å². The van der Waals surface area contributed by atoms with E-state index in [-0.39, 0.29) is 55.2 Å². The van der Waals surface area contributed by atoms with Crippen molar-refractivity contribution in [3.8, 4) is 0 Å². The number of hydrogen-bond donors (Lipinski definition) is 8. The van der Waals surface area contributed by atoms with E-state index in [0.29, 0.717) is 51.9 Å². The molecule has 0 saturated carbocycles. The smallest absolute Gasteiger partial charge is 0.217 e. The van der Waals surface area contributed by atoms with Crippen LogP contribution in [0, 0.1) is 0 Å². The number of amides is 4. The molecule has 8 atom stereocenters. The van der Waals surface area contributed by atoms with Crippen LogP contribution in [-0.2, 0) is 44.9 Å². The molecule has 16 nitrogen and oxygen atoms in total. The Labute approximate surface area is 438 Å². The monoisotopic (exact) mass is 1020 g/mol. The molecule has 16 heteroatoms. The molecule has 0 saturated heterocycles. The maximum absolute atomic E-state index is 11.2. The van der Waals surface area contributed by atoms with Crippen molar-refractivity contribution in [2.24, 2.45) is 0 Å². The highest BCUT2D eigenvalue weighted by atomic mass is 16.3. The van der Waals surface area contributed by atoms with Crippen molar-refractivity contribution in [2.75, 3.05) is 82.6 Å². The van der Waals surface area contributed by atoms with E-state index in [2.05, 4.69) is 21.3 Å². The number of aliphatic hydroxyl groups is 4. The lowest BCUT2D eigenvalue weighted by molar-refractivity contribution is -0.121. The van der Waals surface area contributed by atoms with Crippen LogP contribution in [0.4, 0.5) is 0 Å². The van der Waals surface area contributed by atoms with Crippen LogP contribution < -0.4 is 21.3 Å². The summed E-state index contributed by atoms with van der Waals surface area (Å²) in [5.41, 5.74) is 4.42. The lowest BCUT2D eigenvalue weighted by Gasteiger charge is -2.26. The summed E-state index contributed by atoms with van der Waals surface area (Å²) in [7, 11) is 15.2. The number of aliphatic hydroxyl groups excluding tert-OH is 4. The number of likely N-dealkylation sites (N-methyl/N-ethyl adjacent to an activating group) is 4. The molecule has 0 aliphatic carbocycles. The zero-order valence-electron chi connectivity index (χ0n) is 45.0. The van der Waals surface area contributed by atoms with Gasteiger partial charge in [-0.1, -0.05) is 129 Å². The second-order valence-electron chi connectivity index (χ2n) is 19.3. The van der Waals surface area contributed by atoms with Gasteiger partial charge >= 0.3 is 0 Å². The molecule has 0 radical (unpaired) electrons. The van der Waals surface area contributed by atoms with Crippen LogP contribution in [0.25, 0.3) is 0 Å². The van der Waals surface area contributed by atoms with Gasteiger partial charge < -0.3 is 61.3 Å². The highest BCUT2D eigenvalue weighted by Gasteiger charge is 2.24. The van der Waals surface area contributed by atoms with E-state index in [0.717, 1.165) is 22.3 Å². The molecule has 0 aliphatic heterocycles. The number of nitrogens with zero attached hydrogens (tertiary/aromatic N) is 4. The van der Waals surface area contributed by atoms with Crippen molar-refractivity contribution >= 4 is 23.6 Å². The fourth-order valence-corrected chi connectivity index (χ4v) is 7.65. The molecule has 0 heterocycles. The first-order valence-electron chi connectivity index (χ1n) is 24.5. The topological polar surface area (TPSA) is 210 Å². The summed E-state index contributed by atoms with van der Waals surface area (Å²) in [5, 5.41) is 51.8. The highest BCUT2D eigenvalue weighted by molar-refractivity contribution is 5.74. The Bertz CT molecular complexity index is 1760. The van der Waals surface area contributed by atoms with Crippen molar-refractivity contribution in [3.63, 3.8) is 0 Å². The van der Waals surface area contributed by atoms with Gasteiger partial charge in [-0.05, 0) is 104 Å².